The lowest BCUT2D eigenvalue weighted by molar-refractivity contribution is -0.00931. The number of benzene rings is 1. The van der Waals surface area contributed by atoms with Gasteiger partial charge in [-0.15, -0.1) is 5.10 Å². The van der Waals surface area contributed by atoms with Gasteiger partial charge in [0.05, 0.1) is 5.56 Å². The van der Waals surface area contributed by atoms with Crippen LogP contribution in [0.25, 0.3) is 0 Å². The van der Waals surface area contributed by atoms with Gasteiger partial charge in [-0.25, -0.2) is 9.78 Å². The fourth-order valence-corrected chi connectivity index (χ4v) is 6.59. The van der Waals surface area contributed by atoms with Gasteiger partial charge < -0.3 is 5.11 Å². The number of H-pyrrole nitrogens is 1. The highest BCUT2D eigenvalue weighted by Gasteiger charge is 2.53. The van der Waals surface area contributed by atoms with E-state index in [9.17, 15) is 4.79 Å². The molecule has 0 amide bonds. The molecule has 1 aromatic heterocycles. The number of hydrogen-bond donors (Lipinski definition) is 2. The van der Waals surface area contributed by atoms with Crippen molar-refractivity contribution in [2.45, 2.75) is 54.8 Å². The summed E-state index contributed by atoms with van der Waals surface area (Å²) in [6, 6.07) is 7.03. The quantitative estimate of drug-likeness (QED) is 0.770. The van der Waals surface area contributed by atoms with Crippen LogP contribution < -0.4 is 0 Å². The van der Waals surface area contributed by atoms with E-state index in [2.05, 4.69) is 10.2 Å². The number of thioether (sulfide) groups is 1. The van der Waals surface area contributed by atoms with E-state index in [1.54, 1.807) is 23.9 Å². The van der Waals surface area contributed by atoms with Crippen LogP contribution in [-0.2, 0) is 11.2 Å². The van der Waals surface area contributed by atoms with Crippen LogP contribution in [0.4, 0.5) is 0 Å². The second kappa shape index (κ2) is 6.12. The Morgan fingerprint density at radius 2 is 1.73 bits per heavy atom. The van der Waals surface area contributed by atoms with Gasteiger partial charge in [0.1, 0.15) is 5.82 Å². The summed E-state index contributed by atoms with van der Waals surface area (Å²) < 4.78 is 0. The smallest absolute Gasteiger partial charge is 0.335 e. The predicted octanol–water partition coefficient (Wildman–Crippen LogP) is 4.26. The Bertz CT molecular complexity index is 795. The van der Waals surface area contributed by atoms with Crippen molar-refractivity contribution in [2.75, 3.05) is 0 Å². The normalized spacial score (nSPS) is 32.1. The summed E-state index contributed by atoms with van der Waals surface area (Å²) in [6.45, 7) is 0. The molecule has 0 atom stereocenters. The number of carboxylic acids is 1. The van der Waals surface area contributed by atoms with Crippen molar-refractivity contribution >= 4 is 17.7 Å². The van der Waals surface area contributed by atoms with Crippen LogP contribution in [0.2, 0.25) is 0 Å². The summed E-state index contributed by atoms with van der Waals surface area (Å²) in [6.07, 6.45) is 8.16. The van der Waals surface area contributed by atoms with Crippen molar-refractivity contribution in [1.29, 1.82) is 0 Å². The monoisotopic (exact) mass is 369 g/mol. The number of carboxylic acid groups (broad SMARTS) is 1. The van der Waals surface area contributed by atoms with Crippen LogP contribution in [-0.4, -0.2) is 26.3 Å². The fraction of sp³-hybridized carbons (Fsp3) is 0.550. The first kappa shape index (κ1) is 16.4. The molecule has 4 fully saturated rings. The third kappa shape index (κ3) is 2.84. The lowest BCUT2D eigenvalue weighted by Gasteiger charge is -2.55. The lowest BCUT2D eigenvalue weighted by atomic mass is 9.49. The van der Waals surface area contributed by atoms with E-state index in [0.717, 1.165) is 40.1 Å². The predicted molar refractivity (Wildman–Crippen MR) is 99.2 cm³/mol. The highest BCUT2D eigenvalue weighted by molar-refractivity contribution is 7.98. The molecular weight excluding hydrogens is 346 g/mol. The van der Waals surface area contributed by atoms with E-state index in [4.69, 9.17) is 10.1 Å². The third-order valence-corrected chi connectivity index (χ3v) is 7.49. The van der Waals surface area contributed by atoms with E-state index in [-0.39, 0.29) is 5.41 Å². The maximum Gasteiger partial charge on any atom is 0.335 e. The molecule has 4 bridgehead atoms. The molecule has 6 rings (SSSR count). The lowest BCUT2D eigenvalue weighted by Crippen LogP contribution is -2.49. The zero-order valence-electron chi connectivity index (χ0n) is 14.6. The summed E-state index contributed by atoms with van der Waals surface area (Å²) in [5, 5.41) is 17.5. The number of aromatic amines is 1. The SMILES string of the molecule is O=C(O)c1ccc(CSc2n[nH]c(C34CC5CC(CC(C5)C3)C4)n2)cc1. The Balaban J connectivity index is 1.28. The van der Waals surface area contributed by atoms with Crippen LogP contribution >= 0.6 is 11.8 Å². The summed E-state index contributed by atoms with van der Waals surface area (Å²) in [7, 11) is 0. The van der Waals surface area contributed by atoms with E-state index < -0.39 is 5.97 Å². The molecule has 0 unspecified atom stereocenters. The molecular formula is C20H23N3O2S. The molecule has 6 heteroatoms. The van der Waals surface area contributed by atoms with Crippen LogP contribution in [0.5, 0.6) is 0 Å². The van der Waals surface area contributed by atoms with Crippen molar-refractivity contribution in [3.8, 4) is 0 Å². The average Bonchev–Trinajstić information content (AvgIpc) is 3.09. The molecule has 4 saturated carbocycles. The molecule has 136 valence electrons. The second-order valence-electron chi connectivity index (χ2n) is 8.46. The van der Waals surface area contributed by atoms with Gasteiger partial charge in [0, 0.05) is 11.2 Å². The van der Waals surface area contributed by atoms with Gasteiger partial charge in [-0.05, 0) is 74.0 Å². The van der Waals surface area contributed by atoms with Crippen molar-refractivity contribution in [3.63, 3.8) is 0 Å². The Kier molecular flexibility index (Phi) is 3.85. The fourth-order valence-electron chi connectivity index (χ4n) is 5.84. The number of nitrogens with zero attached hydrogens (tertiary/aromatic N) is 2. The Morgan fingerprint density at radius 1 is 1.12 bits per heavy atom. The number of rotatable bonds is 5. The summed E-state index contributed by atoms with van der Waals surface area (Å²) >= 11 is 1.61. The van der Waals surface area contributed by atoms with E-state index in [0.29, 0.717) is 5.56 Å². The standard InChI is InChI=1S/C20H23N3O2S/c24-17(25)16-3-1-12(2-4-16)11-26-19-21-18(22-23-19)20-8-13-5-14(9-20)7-15(6-13)10-20/h1-4,13-15H,5-11H2,(H,24,25)(H,21,22,23). The van der Waals surface area contributed by atoms with Gasteiger partial charge in [0.15, 0.2) is 0 Å². The van der Waals surface area contributed by atoms with Gasteiger partial charge in [-0.3, -0.25) is 5.10 Å². The zero-order chi connectivity index (χ0) is 17.7. The minimum absolute atomic E-state index is 0.254. The number of hydrogen-bond acceptors (Lipinski definition) is 4. The molecule has 5 nitrogen and oxygen atoms in total. The molecule has 0 saturated heterocycles. The van der Waals surface area contributed by atoms with Crippen LogP contribution in [0.1, 0.15) is 60.3 Å². The van der Waals surface area contributed by atoms with Gasteiger partial charge in [0.25, 0.3) is 0 Å². The second-order valence-corrected chi connectivity index (χ2v) is 9.40. The Morgan fingerprint density at radius 3 is 2.31 bits per heavy atom. The molecule has 26 heavy (non-hydrogen) atoms. The minimum atomic E-state index is -0.890. The average molecular weight is 369 g/mol. The number of aromatic nitrogens is 3. The van der Waals surface area contributed by atoms with E-state index in [1.165, 1.54) is 38.5 Å². The summed E-state index contributed by atoms with van der Waals surface area (Å²) in [5.74, 6) is 3.66. The maximum atomic E-state index is 10.9. The molecule has 0 aliphatic heterocycles. The van der Waals surface area contributed by atoms with Crippen molar-refractivity contribution in [2.24, 2.45) is 17.8 Å². The van der Waals surface area contributed by atoms with Crippen molar-refractivity contribution in [3.05, 3.63) is 41.2 Å². The van der Waals surface area contributed by atoms with E-state index >= 15 is 0 Å². The number of aromatic carboxylic acids is 1. The van der Waals surface area contributed by atoms with Gasteiger partial charge >= 0.3 is 5.97 Å². The van der Waals surface area contributed by atoms with Crippen LogP contribution in [0, 0.1) is 17.8 Å². The first-order chi connectivity index (χ1) is 12.6. The molecule has 4 aliphatic carbocycles. The molecule has 4 aliphatic rings. The highest BCUT2D eigenvalue weighted by atomic mass is 32.2. The number of carbonyl (C=O) groups is 1. The number of nitrogens with one attached hydrogen (secondary N) is 1. The van der Waals surface area contributed by atoms with Crippen molar-refractivity contribution < 1.29 is 9.90 Å². The van der Waals surface area contributed by atoms with Crippen LogP contribution in [0.15, 0.2) is 29.4 Å². The highest BCUT2D eigenvalue weighted by Crippen LogP contribution is 2.60. The summed E-state index contributed by atoms with van der Waals surface area (Å²) in [5.41, 5.74) is 1.66. The zero-order valence-corrected chi connectivity index (χ0v) is 15.5. The van der Waals surface area contributed by atoms with Gasteiger partial charge in [-0.2, -0.15) is 0 Å². The first-order valence-corrected chi connectivity index (χ1v) is 10.5. The van der Waals surface area contributed by atoms with Crippen molar-refractivity contribution in [1.82, 2.24) is 15.2 Å². The molecule has 1 aromatic carbocycles. The summed E-state index contributed by atoms with van der Waals surface area (Å²) in [4.78, 5) is 15.8. The van der Waals surface area contributed by atoms with Crippen LogP contribution in [0.3, 0.4) is 0 Å². The molecule has 0 radical (unpaired) electrons. The largest absolute Gasteiger partial charge is 0.478 e. The third-order valence-electron chi connectivity index (χ3n) is 6.57. The topological polar surface area (TPSA) is 78.9 Å². The van der Waals surface area contributed by atoms with Gasteiger partial charge in [0.2, 0.25) is 5.16 Å². The maximum absolute atomic E-state index is 10.9. The minimum Gasteiger partial charge on any atom is -0.478 e. The Hall–Kier alpha value is -1.82. The molecule has 0 spiro atoms. The molecule has 2 N–H and O–H groups in total. The molecule has 2 aromatic rings. The van der Waals surface area contributed by atoms with E-state index in [1.807, 2.05) is 12.1 Å². The molecule has 1 heterocycles. The van der Waals surface area contributed by atoms with Gasteiger partial charge in [-0.1, -0.05) is 23.9 Å². The first-order valence-electron chi connectivity index (χ1n) is 9.47. The Labute approximate surface area is 157 Å².